The van der Waals surface area contributed by atoms with E-state index in [0.29, 0.717) is 30.4 Å². The van der Waals surface area contributed by atoms with Gasteiger partial charge in [-0.25, -0.2) is 8.42 Å². The summed E-state index contributed by atoms with van der Waals surface area (Å²) in [6.07, 6.45) is -11.0. The number of hydrogen-bond acceptors (Lipinski definition) is 7. The first-order chi connectivity index (χ1) is 18.2. The van der Waals surface area contributed by atoms with Crippen LogP contribution in [0.25, 0.3) is 0 Å². The monoisotopic (exact) mass is 598 g/mol. The van der Waals surface area contributed by atoms with Crippen LogP contribution in [0.5, 0.6) is 5.75 Å². The minimum absolute atomic E-state index is 0.0218. The van der Waals surface area contributed by atoms with Gasteiger partial charge in [0, 0.05) is 6.20 Å². The molecule has 2 atom stereocenters. The second-order valence-corrected chi connectivity index (χ2v) is 11.4. The van der Waals surface area contributed by atoms with Crippen LogP contribution in [-0.4, -0.2) is 54.9 Å². The minimum Gasteiger partial charge on any atom is -0.486 e. The number of carboxylic acid groups (broad SMARTS) is 1. The Labute approximate surface area is 224 Å². The lowest BCUT2D eigenvalue weighted by Crippen LogP contribution is -2.45. The molecule has 0 bridgehead atoms. The summed E-state index contributed by atoms with van der Waals surface area (Å²) < 4.78 is 117. The number of benzene rings is 1. The molecule has 1 aliphatic heterocycles. The van der Waals surface area contributed by atoms with Crippen molar-refractivity contribution in [2.45, 2.75) is 62.6 Å². The average Bonchev–Trinajstić information content (AvgIpc) is 2.82. The van der Waals surface area contributed by atoms with Gasteiger partial charge >= 0.3 is 24.3 Å². The van der Waals surface area contributed by atoms with Gasteiger partial charge in [-0.2, -0.15) is 26.3 Å². The quantitative estimate of drug-likeness (QED) is 0.346. The third-order valence-electron chi connectivity index (χ3n) is 6.00. The zero-order valence-corrected chi connectivity index (χ0v) is 22.0. The lowest BCUT2D eigenvalue weighted by Gasteiger charge is -2.36. The number of hydrogen-bond donors (Lipinski definition) is 1. The second-order valence-electron chi connectivity index (χ2n) is 9.59. The van der Waals surface area contributed by atoms with Crippen LogP contribution in [0.3, 0.4) is 0 Å². The predicted molar refractivity (Wildman–Crippen MR) is 126 cm³/mol. The van der Waals surface area contributed by atoms with E-state index in [1.807, 2.05) is 0 Å². The SMILES string of the molecule is C[C@@H](C[C@H]1CN(S(=O)(=O)c2ccnc(C(F)(F)F)c2)c2cc(CC(=O)OC(C)(C)C(F)(F)F)ccc2O1)C(=O)O. The Balaban J connectivity index is 2.02. The highest BCUT2D eigenvalue weighted by Gasteiger charge is 2.50. The summed E-state index contributed by atoms with van der Waals surface area (Å²) in [5, 5.41) is 9.25. The van der Waals surface area contributed by atoms with Gasteiger partial charge in [-0.1, -0.05) is 13.0 Å². The van der Waals surface area contributed by atoms with Crippen molar-refractivity contribution in [1.82, 2.24) is 4.98 Å². The molecule has 0 saturated carbocycles. The highest BCUT2D eigenvalue weighted by molar-refractivity contribution is 7.92. The Morgan fingerprint density at radius 2 is 1.80 bits per heavy atom. The van der Waals surface area contributed by atoms with Gasteiger partial charge < -0.3 is 14.6 Å². The number of pyridine rings is 1. The molecule has 0 radical (unpaired) electrons. The van der Waals surface area contributed by atoms with Crippen molar-refractivity contribution in [2.24, 2.45) is 5.92 Å². The van der Waals surface area contributed by atoms with Crippen molar-refractivity contribution in [1.29, 1.82) is 0 Å². The molecule has 9 nitrogen and oxygen atoms in total. The molecule has 0 aliphatic carbocycles. The predicted octanol–water partition coefficient (Wildman–Crippen LogP) is 4.59. The summed E-state index contributed by atoms with van der Waals surface area (Å²) in [7, 11) is -4.74. The van der Waals surface area contributed by atoms with Crippen molar-refractivity contribution in [2.75, 3.05) is 10.8 Å². The maximum Gasteiger partial charge on any atom is 0.433 e. The fourth-order valence-electron chi connectivity index (χ4n) is 3.71. The fraction of sp³-hybridized carbons (Fsp3) is 0.458. The van der Waals surface area contributed by atoms with Gasteiger partial charge in [0.1, 0.15) is 17.5 Å². The number of aliphatic carboxylic acids is 1. The van der Waals surface area contributed by atoms with Crippen LogP contribution >= 0.6 is 0 Å². The third kappa shape index (κ3) is 6.77. The molecule has 2 aromatic rings. The molecule has 0 unspecified atom stereocenters. The van der Waals surface area contributed by atoms with E-state index in [-0.39, 0.29) is 23.4 Å². The molecule has 220 valence electrons. The number of esters is 1. The number of fused-ring (bicyclic) bond motifs is 1. The van der Waals surface area contributed by atoms with E-state index in [1.54, 1.807) is 0 Å². The summed E-state index contributed by atoms with van der Waals surface area (Å²) >= 11 is 0. The number of carbonyl (C=O) groups excluding carboxylic acids is 1. The molecule has 0 saturated heterocycles. The first kappa shape index (κ1) is 31.0. The summed E-state index contributed by atoms with van der Waals surface area (Å²) in [6, 6.07) is 4.79. The first-order valence-electron chi connectivity index (χ1n) is 11.6. The Morgan fingerprint density at radius 1 is 1.15 bits per heavy atom. The number of ether oxygens (including phenoxy) is 2. The number of anilines is 1. The van der Waals surface area contributed by atoms with Crippen molar-refractivity contribution < 1.29 is 58.9 Å². The van der Waals surface area contributed by atoms with E-state index >= 15 is 0 Å². The van der Waals surface area contributed by atoms with Gasteiger partial charge in [-0.3, -0.25) is 18.9 Å². The Kier molecular flexibility index (Phi) is 8.35. The largest absolute Gasteiger partial charge is 0.486 e. The van der Waals surface area contributed by atoms with Crippen LogP contribution in [0.1, 0.15) is 38.4 Å². The number of alkyl halides is 6. The summed E-state index contributed by atoms with van der Waals surface area (Å²) in [5.74, 6) is -3.54. The molecule has 1 aromatic carbocycles. The molecule has 16 heteroatoms. The van der Waals surface area contributed by atoms with Gasteiger partial charge in [-0.15, -0.1) is 0 Å². The smallest absolute Gasteiger partial charge is 0.433 e. The Morgan fingerprint density at radius 3 is 2.38 bits per heavy atom. The van der Waals surface area contributed by atoms with Crippen LogP contribution in [0.4, 0.5) is 32.0 Å². The van der Waals surface area contributed by atoms with E-state index in [4.69, 9.17) is 4.74 Å². The molecular weight excluding hydrogens is 574 g/mol. The number of carboxylic acids is 1. The van der Waals surface area contributed by atoms with Gasteiger partial charge in [0.2, 0.25) is 5.60 Å². The van der Waals surface area contributed by atoms with Crippen molar-refractivity contribution in [3.05, 3.63) is 47.8 Å². The third-order valence-corrected chi connectivity index (χ3v) is 7.78. The number of carbonyl (C=O) groups is 2. The van der Waals surface area contributed by atoms with Crippen LogP contribution in [0.2, 0.25) is 0 Å². The van der Waals surface area contributed by atoms with Crippen molar-refractivity contribution >= 4 is 27.6 Å². The van der Waals surface area contributed by atoms with Crippen LogP contribution in [0, 0.1) is 5.92 Å². The molecule has 2 heterocycles. The lowest BCUT2D eigenvalue weighted by atomic mass is 10.0. The number of halogens is 6. The lowest BCUT2D eigenvalue weighted by molar-refractivity contribution is -0.257. The van der Waals surface area contributed by atoms with E-state index in [0.717, 1.165) is 12.1 Å². The number of nitrogens with zero attached hydrogens (tertiary/aromatic N) is 2. The molecule has 3 rings (SSSR count). The molecule has 0 amide bonds. The van der Waals surface area contributed by atoms with E-state index in [1.165, 1.54) is 19.1 Å². The van der Waals surface area contributed by atoms with Crippen LogP contribution in [-0.2, 0) is 36.9 Å². The topological polar surface area (TPSA) is 123 Å². The highest BCUT2D eigenvalue weighted by atomic mass is 32.2. The Bertz CT molecular complexity index is 1390. The van der Waals surface area contributed by atoms with Gasteiger partial charge in [0.15, 0.2) is 0 Å². The summed E-state index contributed by atoms with van der Waals surface area (Å²) in [6.45, 7) is 2.16. The maximum absolute atomic E-state index is 13.6. The molecular formula is C24H24F6N2O7S. The number of rotatable bonds is 8. The van der Waals surface area contributed by atoms with Crippen LogP contribution in [0.15, 0.2) is 41.4 Å². The zero-order chi connectivity index (χ0) is 30.3. The average molecular weight is 599 g/mol. The number of sulfonamides is 1. The highest BCUT2D eigenvalue weighted by Crippen LogP contribution is 2.40. The standard InChI is InChI=1S/C24H24F6N2O7S/c1-13(21(34)35)8-15-12-32(40(36,37)16-6-7-31-19(11-16)23(25,26)27)17-9-14(4-5-18(17)38-15)10-20(33)39-22(2,3)24(28,29)30/h4-7,9,11,13,15H,8,10,12H2,1-3H3,(H,34,35)/t13-,15-/m0/s1. The van der Waals surface area contributed by atoms with Gasteiger partial charge in [0.05, 0.1) is 29.5 Å². The van der Waals surface area contributed by atoms with Crippen molar-refractivity contribution in [3.63, 3.8) is 0 Å². The molecule has 1 N–H and O–H groups in total. The van der Waals surface area contributed by atoms with Crippen molar-refractivity contribution in [3.8, 4) is 5.75 Å². The number of aromatic nitrogens is 1. The molecule has 1 aliphatic rings. The minimum atomic E-state index is -4.95. The second kappa shape index (κ2) is 10.8. The van der Waals surface area contributed by atoms with E-state index < -0.39 is 75.5 Å². The van der Waals surface area contributed by atoms with Gasteiger partial charge in [-0.05, 0) is 50.1 Å². The molecule has 40 heavy (non-hydrogen) atoms. The van der Waals surface area contributed by atoms with E-state index in [9.17, 15) is 49.5 Å². The normalized spacial score (nSPS) is 17.0. The fourth-order valence-corrected chi connectivity index (χ4v) is 5.22. The van der Waals surface area contributed by atoms with Gasteiger partial charge in [0.25, 0.3) is 10.0 Å². The Hall–Kier alpha value is -3.56. The zero-order valence-electron chi connectivity index (χ0n) is 21.2. The molecule has 0 fully saturated rings. The first-order valence-corrected chi connectivity index (χ1v) is 13.0. The van der Waals surface area contributed by atoms with Crippen LogP contribution < -0.4 is 9.04 Å². The summed E-state index contributed by atoms with van der Waals surface area (Å²) in [5.41, 5.74) is -4.47. The molecule has 1 aromatic heterocycles. The summed E-state index contributed by atoms with van der Waals surface area (Å²) in [4.78, 5) is 26.0. The maximum atomic E-state index is 13.6. The van der Waals surface area contributed by atoms with E-state index in [2.05, 4.69) is 9.72 Å². The molecule has 0 spiro atoms.